The Kier molecular flexibility index (Phi) is 5.58. The molecule has 0 aliphatic heterocycles. The molecule has 0 bridgehead atoms. The minimum atomic E-state index is -0.102. The van der Waals surface area contributed by atoms with Crippen LogP contribution in [0, 0.1) is 0 Å². The van der Waals surface area contributed by atoms with Crippen molar-refractivity contribution in [2.24, 2.45) is 0 Å². The van der Waals surface area contributed by atoms with Crippen molar-refractivity contribution in [1.82, 2.24) is 14.3 Å². The van der Waals surface area contributed by atoms with Gasteiger partial charge in [0.25, 0.3) is 10.4 Å². The summed E-state index contributed by atoms with van der Waals surface area (Å²) in [5, 5.41) is 0.799. The van der Waals surface area contributed by atoms with E-state index in [0.29, 0.717) is 17.0 Å². The first-order valence-electron chi connectivity index (χ1n) is 6.52. The highest BCUT2D eigenvalue weighted by molar-refractivity contribution is 8.13. The number of amides is 1. The molecule has 1 heterocycles. The number of benzene rings is 1. The Balaban J connectivity index is 1.88. The number of carbonyl (C=O) groups excluding carboxylic acids is 1. The van der Waals surface area contributed by atoms with Crippen molar-refractivity contribution in [2.45, 2.75) is 25.1 Å². The van der Waals surface area contributed by atoms with E-state index >= 15 is 0 Å². The van der Waals surface area contributed by atoms with Crippen LogP contribution in [0.2, 0.25) is 0 Å². The van der Waals surface area contributed by atoms with Gasteiger partial charge in [0.2, 0.25) is 5.16 Å². The van der Waals surface area contributed by atoms with Crippen LogP contribution in [0.4, 0.5) is 4.79 Å². The van der Waals surface area contributed by atoms with E-state index in [1.807, 2.05) is 12.1 Å². The quantitative estimate of drug-likeness (QED) is 0.789. The maximum absolute atomic E-state index is 11.5. The lowest BCUT2D eigenvalue weighted by Crippen LogP contribution is -2.16. The topological polar surface area (TPSA) is 55.3 Å². The van der Waals surface area contributed by atoms with Gasteiger partial charge in [-0.3, -0.25) is 4.79 Å². The highest BCUT2D eigenvalue weighted by atomic mass is 32.2. The fourth-order valence-electron chi connectivity index (χ4n) is 1.48. The summed E-state index contributed by atoms with van der Waals surface area (Å²) in [7, 11) is 3.39. The van der Waals surface area contributed by atoms with E-state index in [1.54, 1.807) is 14.1 Å². The monoisotopic (exact) mass is 323 g/mol. The van der Waals surface area contributed by atoms with Crippen LogP contribution in [0.15, 0.2) is 29.4 Å². The van der Waals surface area contributed by atoms with Gasteiger partial charge in [-0.15, -0.1) is 0 Å². The van der Waals surface area contributed by atoms with Gasteiger partial charge < -0.3 is 9.64 Å². The van der Waals surface area contributed by atoms with Gasteiger partial charge in [0.1, 0.15) is 6.61 Å². The Morgan fingerprint density at radius 1 is 1.29 bits per heavy atom. The zero-order valence-electron chi connectivity index (χ0n) is 12.2. The number of carbonyl (C=O) groups is 1. The van der Waals surface area contributed by atoms with Gasteiger partial charge in [0.05, 0.1) is 0 Å². The zero-order chi connectivity index (χ0) is 15.2. The summed E-state index contributed by atoms with van der Waals surface area (Å²) in [5.74, 6) is 0. The number of hydrogen-bond donors (Lipinski definition) is 0. The van der Waals surface area contributed by atoms with Crippen molar-refractivity contribution < 1.29 is 9.53 Å². The third kappa shape index (κ3) is 4.71. The van der Waals surface area contributed by atoms with Gasteiger partial charge in [-0.05, 0) is 17.5 Å². The van der Waals surface area contributed by atoms with E-state index in [4.69, 9.17) is 4.74 Å². The van der Waals surface area contributed by atoms with Crippen molar-refractivity contribution in [3.8, 4) is 5.19 Å². The summed E-state index contributed by atoms with van der Waals surface area (Å²) in [6.07, 6.45) is 1.03. The molecule has 0 N–H and O–H groups in total. The van der Waals surface area contributed by atoms with Crippen LogP contribution < -0.4 is 4.74 Å². The van der Waals surface area contributed by atoms with Crippen LogP contribution in [0.3, 0.4) is 0 Å². The number of hydrogen-bond acceptors (Lipinski definition) is 6. The van der Waals surface area contributed by atoms with Crippen molar-refractivity contribution in [3.63, 3.8) is 0 Å². The summed E-state index contributed by atoms with van der Waals surface area (Å²) < 4.78 is 9.69. The first-order valence-corrected chi connectivity index (χ1v) is 8.11. The first kappa shape index (κ1) is 15.8. The normalized spacial score (nSPS) is 10.4. The number of rotatable bonds is 5. The van der Waals surface area contributed by atoms with Crippen LogP contribution >= 0.6 is 23.3 Å². The molecule has 5 nitrogen and oxygen atoms in total. The molecule has 0 aliphatic rings. The Morgan fingerprint density at radius 2 is 1.95 bits per heavy atom. The first-order chi connectivity index (χ1) is 10.1. The fraction of sp³-hybridized carbons (Fsp3) is 0.357. The number of aromatic nitrogens is 2. The summed E-state index contributed by atoms with van der Waals surface area (Å²) >= 11 is 2.15. The third-order valence-corrected chi connectivity index (χ3v) is 4.38. The van der Waals surface area contributed by atoms with Gasteiger partial charge in [-0.25, -0.2) is 0 Å². The highest BCUT2D eigenvalue weighted by Crippen LogP contribution is 2.24. The predicted octanol–water partition coefficient (Wildman–Crippen LogP) is 3.45. The largest absolute Gasteiger partial charge is 0.464 e. The number of ether oxygens (including phenoxy) is 1. The molecule has 0 saturated carbocycles. The predicted molar refractivity (Wildman–Crippen MR) is 85.0 cm³/mol. The van der Waals surface area contributed by atoms with Gasteiger partial charge in [0.15, 0.2) is 0 Å². The van der Waals surface area contributed by atoms with Crippen molar-refractivity contribution in [3.05, 3.63) is 35.4 Å². The lowest BCUT2D eigenvalue weighted by molar-refractivity contribution is 0.241. The second kappa shape index (κ2) is 7.42. The van der Waals surface area contributed by atoms with Gasteiger partial charge in [-0.2, -0.15) is 9.36 Å². The van der Waals surface area contributed by atoms with E-state index < -0.39 is 0 Å². The van der Waals surface area contributed by atoms with E-state index in [1.165, 1.54) is 10.5 Å². The molecule has 1 aromatic heterocycles. The summed E-state index contributed by atoms with van der Waals surface area (Å²) in [5.41, 5.74) is 2.39. The molecular formula is C14H17N3O2S2. The van der Waals surface area contributed by atoms with Crippen molar-refractivity contribution in [1.29, 1.82) is 0 Å². The molecule has 0 atom stereocenters. The molecule has 21 heavy (non-hydrogen) atoms. The second-order valence-electron chi connectivity index (χ2n) is 4.56. The van der Waals surface area contributed by atoms with Crippen LogP contribution in [-0.4, -0.2) is 33.6 Å². The number of thioether (sulfide) groups is 1. The molecule has 2 aromatic rings. The molecule has 2 rings (SSSR count). The molecule has 112 valence electrons. The van der Waals surface area contributed by atoms with Gasteiger partial charge >= 0.3 is 0 Å². The van der Waals surface area contributed by atoms with Gasteiger partial charge in [0, 0.05) is 37.4 Å². The van der Waals surface area contributed by atoms with Crippen LogP contribution in [0.5, 0.6) is 5.19 Å². The van der Waals surface area contributed by atoms with E-state index in [9.17, 15) is 4.79 Å². The highest BCUT2D eigenvalue weighted by Gasteiger charge is 2.12. The van der Waals surface area contributed by atoms with Crippen LogP contribution in [0.1, 0.15) is 18.1 Å². The fourth-order valence-corrected chi connectivity index (χ4v) is 2.70. The second-order valence-corrected chi connectivity index (χ2v) is 6.20. The molecule has 0 fully saturated rings. The maximum Gasteiger partial charge on any atom is 0.294 e. The van der Waals surface area contributed by atoms with Crippen LogP contribution in [0.25, 0.3) is 0 Å². The molecule has 0 saturated heterocycles. The minimum absolute atomic E-state index is 0.102. The third-order valence-electron chi connectivity index (χ3n) is 2.73. The smallest absolute Gasteiger partial charge is 0.294 e. The van der Waals surface area contributed by atoms with Gasteiger partial charge in [-0.1, -0.05) is 31.2 Å². The molecule has 0 radical (unpaired) electrons. The van der Waals surface area contributed by atoms with E-state index in [2.05, 4.69) is 28.4 Å². The minimum Gasteiger partial charge on any atom is -0.464 e. The summed E-state index contributed by atoms with van der Waals surface area (Å²) in [6, 6.07) is 8.28. The lowest BCUT2D eigenvalue weighted by atomic mass is 10.1. The Morgan fingerprint density at radius 3 is 2.57 bits per heavy atom. The average Bonchev–Trinajstić information content (AvgIpc) is 2.93. The Hall–Kier alpha value is -1.60. The zero-order valence-corrected chi connectivity index (χ0v) is 13.8. The van der Waals surface area contributed by atoms with Crippen molar-refractivity contribution in [2.75, 3.05) is 14.1 Å². The molecule has 1 aromatic carbocycles. The molecule has 0 aliphatic carbocycles. The average molecular weight is 323 g/mol. The maximum atomic E-state index is 11.5. The Bertz CT molecular complexity index is 597. The SMILES string of the molecule is CCc1ccc(COc2nc(SC(=O)N(C)C)ns2)cc1. The molecule has 1 amide bonds. The molecule has 0 unspecified atom stereocenters. The van der Waals surface area contributed by atoms with Crippen molar-refractivity contribution >= 4 is 28.5 Å². The summed E-state index contributed by atoms with van der Waals surface area (Å²) in [6.45, 7) is 2.58. The molecule has 0 spiro atoms. The van der Waals surface area contributed by atoms with E-state index in [-0.39, 0.29) is 5.24 Å². The van der Waals surface area contributed by atoms with Crippen LogP contribution in [-0.2, 0) is 13.0 Å². The number of aryl methyl sites for hydroxylation is 1. The molecular weight excluding hydrogens is 306 g/mol. The Labute approximate surface area is 132 Å². The van der Waals surface area contributed by atoms with E-state index in [0.717, 1.165) is 35.3 Å². The number of nitrogens with zero attached hydrogens (tertiary/aromatic N) is 3. The summed E-state index contributed by atoms with van der Waals surface area (Å²) in [4.78, 5) is 17.2. The molecule has 7 heteroatoms. The lowest BCUT2D eigenvalue weighted by Gasteiger charge is -2.06. The standard InChI is InChI=1S/C14H17N3O2S2/c1-4-10-5-7-11(8-6-10)9-19-13-15-12(16-21-13)20-14(18)17(2)3/h5-8H,4,9H2,1-3H3.